The van der Waals surface area contributed by atoms with Gasteiger partial charge in [-0.05, 0) is 56.5 Å². The van der Waals surface area contributed by atoms with Crippen molar-refractivity contribution in [1.29, 1.82) is 0 Å². The van der Waals surface area contributed by atoms with Crippen molar-refractivity contribution in [3.8, 4) is 28.1 Å². The number of imidazole rings is 1. The molecule has 0 bridgehead atoms. The highest BCUT2D eigenvalue weighted by molar-refractivity contribution is 6.34. The number of carbonyl (C=O) groups excluding carboxylic acids is 2. The van der Waals surface area contributed by atoms with Crippen LogP contribution in [0.1, 0.15) is 49.4 Å². The summed E-state index contributed by atoms with van der Waals surface area (Å²) in [6.45, 7) is 7.20. The number of H-pyrrole nitrogens is 1. The molecule has 0 saturated carbocycles. The number of aromatic nitrogens is 3. The number of methoxy groups -OCH3 is 1. The number of nitrogens with one attached hydrogen (secondary N) is 3. The first-order valence-electron chi connectivity index (χ1n) is 17.1. The number of hydrogen-bond acceptors (Lipinski definition) is 9. The summed E-state index contributed by atoms with van der Waals surface area (Å²) in [6, 6.07) is 12.3. The average molecular weight is 756 g/mol. The van der Waals surface area contributed by atoms with Gasteiger partial charge in [0.25, 0.3) is 5.91 Å². The summed E-state index contributed by atoms with van der Waals surface area (Å²) in [4.78, 5) is 42.1. The predicted molar refractivity (Wildman–Crippen MR) is 194 cm³/mol. The lowest BCUT2D eigenvalue weighted by atomic mass is 9.92. The third-order valence-corrected chi connectivity index (χ3v) is 9.91. The lowest BCUT2D eigenvalue weighted by molar-refractivity contribution is -0.274. The largest absolute Gasteiger partial charge is 0.573 e. The second-order valence-electron chi connectivity index (χ2n) is 13.9. The van der Waals surface area contributed by atoms with Gasteiger partial charge < -0.3 is 40.0 Å². The number of pyridine rings is 1. The number of hydrogen-bond donors (Lipinski definition) is 4. The minimum Gasteiger partial charge on any atom is -0.405 e. The van der Waals surface area contributed by atoms with Crippen LogP contribution < -0.4 is 20.3 Å². The Kier molecular flexibility index (Phi) is 11.0. The second-order valence-corrected chi connectivity index (χ2v) is 14.3. The van der Waals surface area contributed by atoms with Crippen molar-refractivity contribution in [2.75, 3.05) is 50.1 Å². The summed E-state index contributed by atoms with van der Waals surface area (Å²) >= 11 is 6.54. The van der Waals surface area contributed by atoms with Crippen LogP contribution in [0.4, 0.5) is 24.7 Å². The molecule has 53 heavy (non-hydrogen) atoms. The van der Waals surface area contributed by atoms with Crippen LogP contribution >= 0.6 is 11.6 Å². The zero-order chi connectivity index (χ0) is 38.1. The standard InChI is InChI=1S/C37H41ClF3N7O5/c1-21-19-47(35(51)36(2,3)20-49)11-12-48(21)32-10-9-24(16-43-32)34(50)46-28-15-31(53-37(39,40)41)26(14-27(28)38)22-5-7-23(8-6-22)30-18-44-33(45-30)29-13-25(52-4)17-42-29/h5-10,14-16,18,21,25,29,42,49H,11-13,17,19-20H2,1-4H3,(H,44,45)(H,46,50)/t21?,25-,29-/m0/s1. The molecule has 2 amide bonds. The molecule has 282 valence electrons. The number of carbonyl (C=O) groups is 2. The smallest absolute Gasteiger partial charge is 0.405 e. The van der Waals surface area contributed by atoms with Crippen molar-refractivity contribution in [3.63, 3.8) is 0 Å². The van der Waals surface area contributed by atoms with Gasteiger partial charge in [0.05, 0.1) is 52.3 Å². The van der Waals surface area contributed by atoms with E-state index in [2.05, 4.69) is 30.3 Å². The van der Waals surface area contributed by atoms with Crippen molar-refractivity contribution < 1.29 is 37.3 Å². The topological polar surface area (TPSA) is 145 Å². The molecule has 16 heteroatoms. The maximum Gasteiger partial charge on any atom is 0.573 e. The van der Waals surface area contributed by atoms with E-state index in [1.807, 2.05) is 11.8 Å². The van der Waals surface area contributed by atoms with Gasteiger partial charge in [0.1, 0.15) is 17.4 Å². The molecular formula is C37H41ClF3N7O5. The lowest BCUT2D eigenvalue weighted by Crippen LogP contribution is -2.56. The molecule has 2 aromatic carbocycles. The molecule has 4 N–H and O–H groups in total. The number of nitrogens with zero attached hydrogens (tertiary/aromatic N) is 4. The Labute approximate surface area is 309 Å². The number of ether oxygens (including phenoxy) is 2. The molecule has 3 atom stereocenters. The van der Waals surface area contributed by atoms with Crippen LogP contribution in [0.25, 0.3) is 22.4 Å². The Morgan fingerprint density at radius 1 is 1.06 bits per heavy atom. The lowest BCUT2D eigenvalue weighted by Gasteiger charge is -2.42. The van der Waals surface area contributed by atoms with Crippen molar-refractivity contribution in [3.05, 3.63) is 77.3 Å². The van der Waals surface area contributed by atoms with Gasteiger partial charge in [0.2, 0.25) is 5.91 Å². The van der Waals surface area contributed by atoms with Crippen molar-refractivity contribution in [1.82, 2.24) is 25.2 Å². The Morgan fingerprint density at radius 3 is 2.42 bits per heavy atom. The van der Waals surface area contributed by atoms with Gasteiger partial charge in [-0.2, -0.15) is 0 Å². The molecule has 2 aliphatic heterocycles. The quantitative estimate of drug-likeness (QED) is 0.152. The van der Waals surface area contributed by atoms with Crippen LogP contribution in [-0.2, 0) is 9.53 Å². The van der Waals surface area contributed by atoms with Crippen LogP contribution in [0.2, 0.25) is 5.02 Å². The van der Waals surface area contributed by atoms with E-state index in [1.165, 1.54) is 12.3 Å². The number of alkyl halides is 3. The number of aromatic amines is 1. The van der Waals surface area contributed by atoms with E-state index >= 15 is 0 Å². The number of benzene rings is 2. The number of piperazine rings is 1. The zero-order valence-electron chi connectivity index (χ0n) is 29.6. The molecular weight excluding hydrogens is 715 g/mol. The van der Waals surface area contributed by atoms with Gasteiger partial charge in [0.15, 0.2) is 0 Å². The highest BCUT2D eigenvalue weighted by Gasteiger charge is 2.36. The molecule has 0 radical (unpaired) electrons. The maximum atomic E-state index is 13.6. The van der Waals surface area contributed by atoms with Crippen LogP contribution in [0.5, 0.6) is 5.75 Å². The highest BCUT2D eigenvalue weighted by atomic mass is 35.5. The Morgan fingerprint density at radius 2 is 1.79 bits per heavy atom. The number of halogens is 4. The van der Waals surface area contributed by atoms with Crippen molar-refractivity contribution in [2.24, 2.45) is 5.41 Å². The second kappa shape index (κ2) is 15.3. The summed E-state index contributed by atoms with van der Waals surface area (Å²) in [5.74, 6) is 0.0487. The van der Waals surface area contributed by atoms with E-state index in [4.69, 9.17) is 16.3 Å². The number of aliphatic hydroxyl groups is 1. The van der Waals surface area contributed by atoms with Crippen molar-refractivity contribution >= 4 is 34.9 Å². The maximum absolute atomic E-state index is 13.6. The van der Waals surface area contributed by atoms with E-state index in [1.54, 1.807) is 68.5 Å². The Balaban J connectivity index is 1.15. The molecule has 4 heterocycles. The van der Waals surface area contributed by atoms with Crippen LogP contribution in [-0.4, -0.2) is 95.2 Å². The molecule has 12 nitrogen and oxygen atoms in total. The van der Waals surface area contributed by atoms with Gasteiger partial charge in [-0.1, -0.05) is 35.9 Å². The highest BCUT2D eigenvalue weighted by Crippen LogP contribution is 2.41. The molecule has 4 aromatic rings. The van der Waals surface area contributed by atoms with Gasteiger partial charge in [0, 0.05) is 57.2 Å². The van der Waals surface area contributed by atoms with Crippen molar-refractivity contribution in [2.45, 2.75) is 51.7 Å². The number of rotatable bonds is 10. The summed E-state index contributed by atoms with van der Waals surface area (Å²) in [7, 11) is 1.67. The third-order valence-electron chi connectivity index (χ3n) is 9.59. The minimum absolute atomic E-state index is 0.00112. The fourth-order valence-corrected chi connectivity index (χ4v) is 6.74. The van der Waals surface area contributed by atoms with E-state index in [0.29, 0.717) is 31.0 Å². The van der Waals surface area contributed by atoms with E-state index in [0.717, 1.165) is 36.1 Å². The Bertz CT molecular complexity index is 1940. The molecule has 1 unspecified atom stereocenters. The van der Waals surface area contributed by atoms with Gasteiger partial charge >= 0.3 is 6.36 Å². The third kappa shape index (κ3) is 8.59. The fourth-order valence-electron chi connectivity index (χ4n) is 6.53. The molecule has 2 aliphatic rings. The first kappa shape index (κ1) is 38.0. The van der Waals surface area contributed by atoms with E-state index in [-0.39, 0.29) is 52.5 Å². The number of anilines is 2. The number of amides is 2. The van der Waals surface area contributed by atoms with E-state index < -0.39 is 23.4 Å². The normalized spacial score (nSPS) is 19.4. The van der Waals surface area contributed by atoms with Crippen LogP contribution in [0, 0.1) is 5.41 Å². The van der Waals surface area contributed by atoms with E-state index in [9.17, 15) is 27.9 Å². The zero-order valence-corrected chi connectivity index (χ0v) is 30.4. The molecule has 6 rings (SSSR count). The average Bonchev–Trinajstić information content (AvgIpc) is 3.83. The van der Waals surface area contributed by atoms with Gasteiger partial charge in [-0.3, -0.25) is 9.59 Å². The minimum atomic E-state index is -5.02. The summed E-state index contributed by atoms with van der Waals surface area (Å²) in [6.07, 6.45) is -1.07. The SMILES string of the molecule is CO[C@@H]1CN[C@H](c2ncc(-c3ccc(-c4cc(Cl)c(NC(=O)c5ccc(N6CCN(C(=O)C(C)(C)CO)CC6C)nc5)cc4OC(F)(F)F)cc3)[nH]2)C1. The summed E-state index contributed by atoms with van der Waals surface area (Å²) < 4.78 is 50.6. The first-order valence-corrected chi connectivity index (χ1v) is 17.5. The summed E-state index contributed by atoms with van der Waals surface area (Å²) in [5, 5.41) is 15.5. The molecule has 0 spiro atoms. The fraction of sp³-hybridized carbons (Fsp3) is 0.405. The Hall–Kier alpha value is -4.70. The summed E-state index contributed by atoms with van der Waals surface area (Å²) in [5.41, 5.74) is 1.19. The monoisotopic (exact) mass is 755 g/mol. The predicted octanol–water partition coefficient (Wildman–Crippen LogP) is 6.05. The molecule has 2 fully saturated rings. The molecule has 0 aliphatic carbocycles. The van der Waals surface area contributed by atoms with Crippen LogP contribution in [0.3, 0.4) is 0 Å². The molecule has 2 saturated heterocycles. The van der Waals surface area contributed by atoms with Gasteiger partial charge in [-0.15, -0.1) is 13.2 Å². The number of aliphatic hydroxyl groups excluding tert-OH is 1. The molecule has 2 aromatic heterocycles. The van der Waals surface area contributed by atoms with Gasteiger partial charge in [-0.25, -0.2) is 9.97 Å². The first-order chi connectivity index (χ1) is 25.2. The van der Waals surface area contributed by atoms with Crippen LogP contribution in [0.15, 0.2) is 60.9 Å².